The van der Waals surface area contributed by atoms with Gasteiger partial charge < -0.3 is 10.1 Å². The Morgan fingerprint density at radius 1 is 1.47 bits per heavy atom. The zero-order valence-electron chi connectivity index (χ0n) is 11.0. The van der Waals surface area contributed by atoms with Gasteiger partial charge in [0, 0.05) is 26.1 Å². The van der Waals surface area contributed by atoms with Crippen LogP contribution < -0.4 is 5.32 Å². The van der Waals surface area contributed by atoms with Gasteiger partial charge in [-0.15, -0.1) is 0 Å². The summed E-state index contributed by atoms with van der Waals surface area (Å²) in [6.45, 7) is 6.30. The fourth-order valence-electron chi connectivity index (χ4n) is 2.01. The van der Waals surface area contributed by atoms with E-state index in [2.05, 4.69) is 12.2 Å². The van der Waals surface area contributed by atoms with Crippen molar-refractivity contribution in [3.05, 3.63) is 23.6 Å². The normalized spacial score (nSPS) is 17.6. The summed E-state index contributed by atoms with van der Waals surface area (Å²) in [6.07, 6.45) is 7.72. The molecule has 0 aromatic rings. The fourth-order valence-corrected chi connectivity index (χ4v) is 2.01. The Balaban J connectivity index is 2.27. The van der Waals surface area contributed by atoms with Crippen LogP contribution in [0.25, 0.3) is 0 Å². The molecule has 0 bridgehead atoms. The Hall–Kier alpha value is -0.670. The van der Waals surface area contributed by atoms with Crippen molar-refractivity contribution in [3.63, 3.8) is 0 Å². The van der Waals surface area contributed by atoms with E-state index in [1.165, 1.54) is 0 Å². The van der Waals surface area contributed by atoms with Crippen molar-refractivity contribution in [2.75, 3.05) is 19.7 Å². The molecule has 1 N–H and O–H groups in total. The summed E-state index contributed by atoms with van der Waals surface area (Å²) in [6, 6.07) is 0. The molecule has 1 aliphatic rings. The number of hydrogen-bond donors (Lipinski definition) is 1. The molecule has 0 aromatic heterocycles. The zero-order valence-corrected chi connectivity index (χ0v) is 11.0. The van der Waals surface area contributed by atoms with Crippen LogP contribution >= 0.6 is 0 Å². The number of hydrogen-bond acceptors (Lipinski definition) is 2. The molecule has 1 atom stereocenters. The van der Waals surface area contributed by atoms with Crippen LogP contribution in [0.1, 0.15) is 39.5 Å². The Morgan fingerprint density at radius 3 is 2.94 bits per heavy atom. The van der Waals surface area contributed by atoms with Gasteiger partial charge >= 0.3 is 0 Å². The van der Waals surface area contributed by atoms with Crippen molar-refractivity contribution in [2.24, 2.45) is 0 Å². The highest BCUT2D eigenvalue weighted by Crippen LogP contribution is 2.19. The van der Waals surface area contributed by atoms with E-state index in [9.17, 15) is 4.39 Å². The largest absolute Gasteiger partial charge is 0.377 e. The molecule has 0 amide bonds. The minimum Gasteiger partial charge on any atom is -0.377 e. The first-order valence-corrected chi connectivity index (χ1v) is 6.64. The lowest BCUT2D eigenvalue weighted by atomic mass is 10.1. The van der Waals surface area contributed by atoms with Crippen LogP contribution in [-0.2, 0) is 4.74 Å². The second-order valence-electron chi connectivity index (χ2n) is 4.37. The Labute approximate surface area is 104 Å². The third-order valence-electron chi connectivity index (χ3n) is 2.90. The van der Waals surface area contributed by atoms with Crippen molar-refractivity contribution in [1.29, 1.82) is 0 Å². The highest BCUT2D eigenvalue weighted by Gasteiger charge is 2.10. The van der Waals surface area contributed by atoms with Gasteiger partial charge in [-0.1, -0.05) is 25.5 Å². The third kappa shape index (κ3) is 5.46. The molecule has 3 heteroatoms. The molecule has 0 saturated heterocycles. The molecule has 17 heavy (non-hydrogen) atoms. The first-order valence-electron chi connectivity index (χ1n) is 6.64. The summed E-state index contributed by atoms with van der Waals surface area (Å²) in [5, 5.41) is 3.28. The molecule has 98 valence electrons. The second kappa shape index (κ2) is 8.43. The molecular weight excluding hydrogens is 217 g/mol. The van der Waals surface area contributed by atoms with Crippen LogP contribution in [0.2, 0.25) is 0 Å². The van der Waals surface area contributed by atoms with Gasteiger partial charge in [0.05, 0.1) is 6.10 Å². The minimum absolute atomic E-state index is 0.0310. The van der Waals surface area contributed by atoms with E-state index in [1.807, 2.05) is 19.1 Å². The van der Waals surface area contributed by atoms with Crippen molar-refractivity contribution in [3.8, 4) is 0 Å². The molecule has 1 unspecified atom stereocenters. The molecule has 0 aromatic carbocycles. The maximum absolute atomic E-state index is 13.4. The number of rotatable bonds is 8. The molecule has 1 rings (SSSR count). The van der Waals surface area contributed by atoms with E-state index in [0.717, 1.165) is 38.0 Å². The van der Waals surface area contributed by atoms with Gasteiger partial charge in [-0.3, -0.25) is 0 Å². The van der Waals surface area contributed by atoms with Crippen LogP contribution in [0.4, 0.5) is 4.39 Å². The molecular formula is C14H24FNO. The summed E-state index contributed by atoms with van der Waals surface area (Å²) in [5.74, 6) is 0.0310. The first kappa shape index (κ1) is 14.4. The van der Waals surface area contributed by atoms with Crippen LogP contribution in [0.3, 0.4) is 0 Å². The average molecular weight is 241 g/mol. The number of nitrogens with one attached hydrogen (secondary N) is 1. The van der Waals surface area contributed by atoms with E-state index in [-0.39, 0.29) is 11.9 Å². The second-order valence-corrected chi connectivity index (χ2v) is 4.37. The van der Waals surface area contributed by atoms with Crippen molar-refractivity contribution in [2.45, 2.75) is 45.6 Å². The maximum Gasteiger partial charge on any atom is 0.105 e. The van der Waals surface area contributed by atoms with Crippen LogP contribution in [0.5, 0.6) is 0 Å². The third-order valence-corrected chi connectivity index (χ3v) is 2.90. The van der Waals surface area contributed by atoms with E-state index in [4.69, 9.17) is 4.74 Å². The van der Waals surface area contributed by atoms with Crippen molar-refractivity contribution < 1.29 is 9.13 Å². The van der Waals surface area contributed by atoms with Gasteiger partial charge in [0.1, 0.15) is 5.83 Å². The summed E-state index contributed by atoms with van der Waals surface area (Å²) < 4.78 is 19.0. The van der Waals surface area contributed by atoms with E-state index in [0.29, 0.717) is 13.0 Å². The average Bonchev–Trinajstić information content (AvgIpc) is 2.32. The van der Waals surface area contributed by atoms with E-state index in [1.54, 1.807) is 0 Å². The molecule has 0 heterocycles. The van der Waals surface area contributed by atoms with Crippen LogP contribution in [0.15, 0.2) is 23.6 Å². The van der Waals surface area contributed by atoms with Gasteiger partial charge in [0.25, 0.3) is 0 Å². The van der Waals surface area contributed by atoms with Gasteiger partial charge in [-0.25, -0.2) is 4.39 Å². The molecule has 0 aliphatic heterocycles. The van der Waals surface area contributed by atoms with Crippen LogP contribution in [-0.4, -0.2) is 25.8 Å². The Morgan fingerprint density at radius 2 is 2.29 bits per heavy atom. The topological polar surface area (TPSA) is 21.3 Å². The monoisotopic (exact) mass is 241 g/mol. The van der Waals surface area contributed by atoms with Gasteiger partial charge in [0.2, 0.25) is 0 Å². The van der Waals surface area contributed by atoms with Gasteiger partial charge in [0.15, 0.2) is 0 Å². The molecule has 1 aliphatic carbocycles. The highest BCUT2D eigenvalue weighted by molar-refractivity contribution is 5.27. The summed E-state index contributed by atoms with van der Waals surface area (Å²) in [5.41, 5.74) is 0.794. The predicted octanol–water partition coefficient (Wildman–Crippen LogP) is 3.35. The highest BCUT2D eigenvalue weighted by atomic mass is 19.1. The number of allylic oxidation sites excluding steroid dienone is 2. The SMILES string of the molecule is CCCC(CNCC1=C(F)CCC=C1)OCC. The number of ether oxygens (including phenoxy) is 1. The smallest absolute Gasteiger partial charge is 0.105 e. The van der Waals surface area contributed by atoms with E-state index < -0.39 is 0 Å². The van der Waals surface area contributed by atoms with Gasteiger partial charge in [-0.2, -0.15) is 0 Å². The summed E-state index contributed by atoms with van der Waals surface area (Å²) in [4.78, 5) is 0. The molecule has 2 nitrogen and oxygen atoms in total. The first-order chi connectivity index (χ1) is 8.27. The molecule has 0 spiro atoms. The quantitative estimate of drug-likeness (QED) is 0.703. The maximum atomic E-state index is 13.4. The van der Waals surface area contributed by atoms with E-state index >= 15 is 0 Å². The van der Waals surface area contributed by atoms with Gasteiger partial charge in [-0.05, 0) is 25.3 Å². The Kier molecular flexibility index (Phi) is 7.13. The summed E-state index contributed by atoms with van der Waals surface area (Å²) in [7, 11) is 0. The molecule has 0 fully saturated rings. The summed E-state index contributed by atoms with van der Waals surface area (Å²) >= 11 is 0. The van der Waals surface area contributed by atoms with Crippen molar-refractivity contribution in [1.82, 2.24) is 5.32 Å². The lowest BCUT2D eigenvalue weighted by Gasteiger charge is -2.18. The fraction of sp³-hybridized carbons (Fsp3) is 0.714. The van der Waals surface area contributed by atoms with Crippen molar-refractivity contribution >= 4 is 0 Å². The standard InChI is InChI=1S/C14H24FNO/c1-3-7-13(17-4-2)11-16-10-12-8-5-6-9-14(12)15/h5,8,13,16H,3-4,6-7,9-11H2,1-2H3. The lowest BCUT2D eigenvalue weighted by molar-refractivity contribution is 0.0569. The minimum atomic E-state index is 0.0310. The number of halogens is 1. The molecule has 0 radical (unpaired) electrons. The van der Waals surface area contributed by atoms with Crippen LogP contribution in [0, 0.1) is 0 Å². The Bertz CT molecular complexity index is 267. The lowest BCUT2D eigenvalue weighted by Crippen LogP contribution is -2.30. The molecule has 0 saturated carbocycles. The zero-order chi connectivity index (χ0) is 12.5. The predicted molar refractivity (Wildman–Crippen MR) is 69.7 cm³/mol.